The molecule has 0 aliphatic rings. The zero-order valence-electron chi connectivity index (χ0n) is 11.8. The number of hydrogen-bond acceptors (Lipinski definition) is 1. The summed E-state index contributed by atoms with van der Waals surface area (Å²) in [5.74, 6) is -0.169. The Balaban J connectivity index is 2.41. The van der Waals surface area contributed by atoms with E-state index >= 15 is 0 Å². The van der Waals surface area contributed by atoms with E-state index in [1.165, 1.54) is 11.6 Å². The molecule has 0 saturated heterocycles. The molecule has 2 aromatic rings. The number of hydrogen-bond donors (Lipinski definition) is 1. The molecule has 0 aliphatic heterocycles. The lowest BCUT2D eigenvalue weighted by Crippen LogP contribution is -2.24. The first kappa shape index (κ1) is 15.2. The summed E-state index contributed by atoms with van der Waals surface area (Å²) in [7, 11) is 0. The molecule has 1 unspecified atom stereocenters. The maximum Gasteiger partial charge on any atom is 0.128 e. The Kier molecular flexibility index (Phi) is 5.32. The minimum Gasteiger partial charge on any atom is -0.306 e. The first-order chi connectivity index (χ1) is 9.63. The van der Waals surface area contributed by atoms with Gasteiger partial charge in [-0.3, -0.25) is 0 Å². The second-order valence-electron chi connectivity index (χ2n) is 4.92. The van der Waals surface area contributed by atoms with Gasteiger partial charge in [-0.1, -0.05) is 53.2 Å². The molecule has 0 saturated carbocycles. The Bertz CT molecular complexity index is 583. The van der Waals surface area contributed by atoms with E-state index in [-0.39, 0.29) is 11.9 Å². The largest absolute Gasteiger partial charge is 0.306 e. The predicted molar refractivity (Wildman–Crippen MR) is 85.4 cm³/mol. The monoisotopic (exact) mass is 335 g/mol. The van der Waals surface area contributed by atoms with Gasteiger partial charge in [-0.25, -0.2) is 4.39 Å². The molecule has 1 nitrogen and oxygen atoms in total. The smallest absolute Gasteiger partial charge is 0.128 e. The molecule has 2 aromatic carbocycles. The lowest BCUT2D eigenvalue weighted by molar-refractivity contribution is 0.546. The normalized spacial score (nSPS) is 12.4. The van der Waals surface area contributed by atoms with Crippen molar-refractivity contribution in [1.82, 2.24) is 5.32 Å². The van der Waals surface area contributed by atoms with Crippen LogP contribution in [0.5, 0.6) is 0 Å². The Labute approximate surface area is 128 Å². The molecular weight excluding hydrogens is 317 g/mol. The van der Waals surface area contributed by atoms with Crippen LogP contribution in [0.2, 0.25) is 0 Å². The molecule has 0 fully saturated rings. The third-order valence-electron chi connectivity index (χ3n) is 3.34. The number of rotatable bonds is 5. The van der Waals surface area contributed by atoms with Gasteiger partial charge in [0.1, 0.15) is 5.82 Å². The number of halogens is 2. The highest BCUT2D eigenvalue weighted by Crippen LogP contribution is 2.28. The van der Waals surface area contributed by atoms with Crippen LogP contribution in [0.25, 0.3) is 0 Å². The summed E-state index contributed by atoms with van der Waals surface area (Å²) in [6.45, 7) is 5.01. The van der Waals surface area contributed by atoms with Crippen molar-refractivity contribution < 1.29 is 4.39 Å². The van der Waals surface area contributed by atoms with Crippen LogP contribution in [-0.4, -0.2) is 6.54 Å². The molecule has 106 valence electrons. The average Bonchev–Trinajstić information content (AvgIpc) is 2.44. The van der Waals surface area contributed by atoms with Gasteiger partial charge in [0.05, 0.1) is 6.04 Å². The molecule has 20 heavy (non-hydrogen) atoms. The fourth-order valence-electron chi connectivity index (χ4n) is 2.19. The van der Waals surface area contributed by atoms with Gasteiger partial charge >= 0.3 is 0 Å². The fourth-order valence-corrected chi connectivity index (χ4v) is 2.59. The maximum atomic E-state index is 14.1. The van der Waals surface area contributed by atoms with Crippen molar-refractivity contribution in [2.24, 2.45) is 0 Å². The lowest BCUT2D eigenvalue weighted by atomic mass is 9.97. The third-order valence-corrected chi connectivity index (χ3v) is 4.20. The number of aryl methyl sites for hydroxylation is 1. The topological polar surface area (TPSA) is 12.0 Å². The molecule has 0 aliphatic carbocycles. The van der Waals surface area contributed by atoms with Crippen LogP contribution in [0, 0.1) is 12.7 Å². The quantitative estimate of drug-likeness (QED) is 0.811. The van der Waals surface area contributed by atoms with Gasteiger partial charge in [0.15, 0.2) is 0 Å². The minimum atomic E-state index is -0.169. The second-order valence-corrected chi connectivity index (χ2v) is 5.77. The standard InChI is InChI=1S/C17H19BrFN/c1-3-10-20-17(14-6-4-5-7-16(14)19)13-9-8-12(2)15(18)11-13/h4-9,11,17,20H,3,10H2,1-2H3. The van der Waals surface area contributed by atoms with Crippen molar-refractivity contribution in [2.45, 2.75) is 26.3 Å². The van der Waals surface area contributed by atoms with Crippen molar-refractivity contribution in [3.63, 3.8) is 0 Å². The summed E-state index contributed by atoms with van der Waals surface area (Å²) >= 11 is 3.55. The molecule has 0 spiro atoms. The van der Waals surface area contributed by atoms with E-state index in [2.05, 4.69) is 46.4 Å². The summed E-state index contributed by atoms with van der Waals surface area (Å²) < 4.78 is 15.1. The zero-order valence-corrected chi connectivity index (χ0v) is 13.4. The Hall–Kier alpha value is -1.19. The third kappa shape index (κ3) is 3.47. The second kappa shape index (κ2) is 7.00. The lowest BCUT2D eigenvalue weighted by Gasteiger charge is -2.21. The number of benzene rings is 2. The average molecular weight is 336 g/mol. The van der Waals surface area contributed by atoms with Crippen molar-refractivity contribution in [3.05, 3.63) is 69.4 Å². The summed E-state index contributed by atoms with van der Waals surface area (Å²) in [6.07, 6.45) is 1.01. The highest BCUT2D eigenvalue weighted by molar-refractivity contribution is 9.10. The molecule has 0 heterocycles. The van der Waals surface area contributed by atoms with E-state index in [9.17, 15) is 4.39 Å². The fraction of sp³-hybridized carbons (Fsp3) is 0.294. The van der Waals surface area contributed by atoms with Crippen molar-refractivity contribution in [3.8, 4) is 0 Å². The van der Waals surface area contributed by atoms with E-state index < -0.39 is 0 Å². The van der Waals surface area contributed by atoms with Crippen LogP contribution in [0.1, 0.15) is 36.1 Å². The molecule has 2 rings (SSSR count). The Morgan fingerprint density at radius 2 is 1.95 bits per heavy atom. The van der Waals surface area contributed by atoms with Crippen LogP contribution in [0.15, 0.2) is 46.9 Å². The van der Waals surface area contributed by atoms with Crippen LogP contribution in [-0.2, 0) is 0 Å². The summed E-state index contributed by atoms with van der Waals surface area (Å²) in [4.78, 5) is 0. The van der Waals surface area contributed by atoms with Crippen LogP contribution < -0.4 is 5.32 Å². The van der Waals surface area contributed by atoms with E-state index in [1.807, 2.05) is 19.1 Å². The van der Waals surface area contributed by atoms with Crippen molar-refractivity contribution >= 4 is 15.9 Å². The van der Waals surface area contributed by atoms with Gasteiger partial charge < -0.3 is 5.32 Å². The summed E-state index contributed by atoms with van der Waals surface area (Å²) in [5.41, 5.74) is 2.94. The highest BCUT2D eigenvalue weighted by atomic mass is 79.9. The van der Waals surface area contributed by atoms with Crippen LogP contribution in [0.4, 0.5) is 4.39 Å². The SMILES string of the molecule is CCCNC(c1ccc(C)c(Br)c1)c1ccccc1F. The van der Waals surface area contributed by atoms with E-state index in [1.54, 1.807) is 6.07 Å². The van der Waals surface area contributed by atoms with Gasteiger partial charge in [-0.05, 0) is 43.1 Å². The molecule has 0 bridgehead atoms. The molecule has 1 N–H and O–H groups in total. The van der Waals surface area contributed by atoms with Crippen LogP contribution in [0.3, 0.4) is 0 Å². The van der Waals surface area contributed by atoms with Gasteiger partial charge in [-0.15, -0.1) is 0 Å². The molecule has 3 heteroatoms. The Morgan fingerprint density at radius 1 is 1.20 bits per heavy atom. The van der Waals surface area contributed by atoms with E-state index in [0.29, 0.717) is 5.56 Å². The zero-order chi connectivity index (χ0) is 14.5. The summed E-state index contributed by atoms with van der Waals surface area (Å²) in [6, 6.07) is 13.0. The van der Waals surface area contributed by atoms with Gasteiger partial charge in [-0.2, -0.15) is 0 Å². The van der Waals surface area contributed by atoms with Gasteiger partial charge in [0.2, 0.25) is 0 Å². The van der Waals surface area contributed by atoms with E-state index in [0.717, 1.165) is 23.0 Å². The minimum absolute atomic E-state index is 0.118. The first-order valence-corrected chi connectivity index (χ1v) is 7.66. The molecular formula is C17H19BrFN. The molecule has 0 radical (unpaired) electrons. The first-order valence-electron chi connectivity index (χ1n) is 6.87. The van der Waals surface area contributed by atoms with Gasteiger partial charge in [0, 0.05) is 10.0 Å². The molecule has 0 aromatic heterocycles. The van der Waals surface area contributed by atoms with E-state index in [4.69, 9.17) is 0 Å². The molecule has 0 amide bonds. The Morgan fingerprint density at radius 3 is 2.60 bits per heavy atom. The predicted octanol–water partition coefficient (Wildman–Crippen LogP) is 4.99. The van der Waals surface area contributed by atoms with Crippen molar-refractivity contribution in [1.29, 1.82) is 0 Å². The molecule has 1 atom stereocenters. The highest BCUT2D eigenvalue weighted by Gasteiger charge is 2.17. The van der Waals surface area contributed by atoms with Crippen molar-refractivity contribution in [2.75, 3.05) is 6.54 Å². The summed E-state index contributed by atoms with van der Waals surface area (Å²) in [5, 5.41) is 3.43. The number of nitrogens with one attached hydrogen (secondary N) is 1. The maximum absolute atomic E-state index is 14.1. The van der Waals surface area contributed by atoms with Crippen LogP contribution >= 0.6 is 15.9 Å². The van der Waals surface area contributed by atoms with Gasteiger partial charge in [0.25, 0.3) is 0 Å².